The van der Waals surface area contributed by atoms with Gasteiger partial charge in [-0.1, -0.05) is 23.2 Å². The standard InChI is InChI=1S/C18H13Cl2N5O3/c19-10-2-3-12(20)14(8-10)23-25-18(26)28-16-6-5-15(27-16)9-1-4-13-11(7-9)17(21)24-22-13/h1-8,23H,(H,25,26)(H3,21,22,24). The number of carbonyl (C=O) groups is 1. The average Bonchev–Trinajstić information content (AvgIpc) is 3.29. The number of benzene rings is 2. The van der Waals surface area contributed by atoms with Gasteiger partial charge in [0.2, 0.25) is 0 Å². The van der Waals surface area contributed by atoms with Crippen LogP contribution in [0.5, 0.6) is 5.95 Å². The number of hydrogen-bond acceptors (Lipinski definition) is 6. The van der Waals surface area contributed by atoms with Gasteiger partial charge in [-0.2, -0.15) is 5.10 Å². The van der Waals surface area contributed by atoms with Crippen molar-refractivity contribution in [2.75, 3.05) is 11.2 Å². The summed E-state index contributed by atoms with van der Waals surface area (Å²) in [5.41, 5.74) is 12.8. The molecule has 2 aromatic carbocycles. The molecule has 2 aromatic heterocycles. The van der Waals surface area contributed by atoms with Crippen molar-refractivity contribution < 1.29 is 13.9 Å². The Morgan fingerprint density at radius 2 is 2.00 bits per heavy atom. The maximum Gasteiger partial charge on any atom is 0.433 e. The second-order valence-electron chi connectivity index (χ2n) is 5.75. The molecule has 8 nitrogen and oxygen atoms in total. The van der Waals surface area contributed by atoms with Crippen LogP contribution in [-0.2, 0) is 0 Å². The number of nitrogens with one attached hydrogen (secondary N) is 3. The number of fused-ring (bicyclic) bond motifs is 1. The Labute approximate surface area is 168 Å². The Hall–Kier alpha value is -3.36. The van der Waals surface area contributed by atoms with Gasteiger partial charge < -0.3 is 14.9 Å². The van der Waals surface area contributed by atoms with Crippen LogP contribution in [-0.4, -0.2) is 16.3 Å². The van der Waals surface area contributed by atoms with Gasteiger partial charge in [-0.05, 0) is 42.5 Å². The minimum atomic E-state index is -0.786. The van der Waals surface area contributed by atoms with E-state index in [0.29, 0.717) is 27.3 Å². The van der Waals surface area contributed by atoms with E-state index in [9.17, 15) is 4.79 Å². The lowest BCUT2D eigenvalue weighted by molar-refractivity contribution is 0.190. The van der Waals surface area contributed by atoms with E-state index in [-0.39, 0.29) is 5.95 Å². The van der Waals surface area contributed by atoms with Crippen LogP contribution in [0.15, 0.2) is 52.9 Å². The number of carbonyl (C=O) groups excluding carboxylic acids is 1. The highest BCUT2D eigenvalue weighted by Crippen LogP contribution is 2.30. The summed E-state index contributed by atoms with van der Waals surface area (Å²) in [7, 11) is 0. The zero-order chi connectivity index (χ0) is 19.7. The van der Waals surface area contributed by atoms with E-state index in [0.717, 1.165) is 16.5 Å². The highest BCUT2D eigenvalue weighted by Gasteiger charge is 2.12. The molecule has 0 atom stereocenters. The molecule has 0 spiro atoms. The fraction of sp³-hybridized carbons (Fsp3) is 0. The van der Waals surface area contributed by atoms with Crippen LogP contribution in [0.3, 0.4) is 0 Å². The molecule has 1 amide bonds. The van der Waals surface area contributed by atoms with E-state index >= 15 is 0 Å². The number of rotatable bonds is 4. The molecular formula is C18H13Cl2N5O3. The molecule has 4 aromatic rings. The van der Waals surface area contributed by atoms with Gasteiger partial charge in [0.15, 0.2) is 5.82 Å². The molecule has 142 valence electrons. The fourth-order valence-corrected chi connectivity index (χ4v) is 2.88. The molecule has 0 radical (unpaired) electrons. The number of nitrogens with two attached hydrogens (primary N) is 1. The number of nitrogens with zero attached hydrogens (tertiary/aromatic N) is 1. The third-order valence-electron chi connectivity index (χ3n) is 3.88. The first kappa shape index (κ1) is 18.0. The molecule has 0 aliphatic rings. The number of anilines is 2. The van der Waals surface area contributed by atoms with Crippen molar-refractivity contribution >= 4 is 51.7 Å². The highest BCUT2D eigenvalue weighted by atomic mass is 35.5. The highest BCUT2D eigenvalue weighted by molar-refractivity contribution is 6.35. The first-order valence-corrected chi connectivity index (χ1v) is 8.78. The Morgan fingerprint density at radius 3 is 2.86 bits per heavy atom. The molecule has 0 bridgehead atoms. The third kappa shape index (κ3) is 3.68. The van der Waals surface area contributed by atoms with Gasteiger partial charge in [0.05, 0.1) is 16.2 Å². The Kier molecular flexibility index (Phi) is 4.72. The largest absolute Gasteiger partial charge is 0.433 e. The molecule has 0 saturated heterocycles. The summed E-state index contributed by atoms with van der Waals surface area (Å²) < 4.78 is 10.7. The van der Waals surface area contributed by atoms with Gasteiger partial charge in [-0.15, -0.1) is 0 Å². The number of amides is 1. The minimum absolute atomic E-state index is 0.0201. The average molecular weight is 418 g/mol. The van der Waals surface area contributed by atoms with Gasteiger partial charge in [0.1, 0.15) is 5.76 Å². The smallest absolute Gasteiger partial charge is 0.425 e. The number of aromatic nitrogens is 2. The monoisotopic (exact) mass is 417 g/mol. The van der Waals surface area contributed by atoms with Crippen molar-refractivity contribution in [2.45, 2.75) is 0 Å². The van der Waals surface area contributed by atoms with Crippen LogP contribution in [0.1, 0.15) is 0 Å². The van der Waals surface area contributed by atoms with E-state index < -0.39 is 6.09 Å². The van der Waals surface area contributed by atoms with Crippen LogP contribution < -0.4 is 21.3 Å². The van der Waals surface area contributed by atoms with Gasteiger partial charge in [0.25, 0.3) is 5.95 Å². The zero-order valence-electron chi connectivity index (χ0n) is 14.1. The molecule has 4 rings (SSSR count). The van der Waals surface area contributed by atoms with E-state index in [2.05, 4.69) is 21.0 Å². The number of aromatic amines is 1. The number of H-pyrrole nitrogens is 1. The lowest BCUT2D eigenvalue weighted by Crippen LogP contribution is -2.32. The summed E-state index contributed by atoms with van der Waals surface area (Å²) in [4.78, 5) is 12.0. The van der Waals surface area contributed by atoms with Crippen LogP contribution >= 0.6 is 23.2 Å². The van der Waals surface area contributed by atoms with Crippen molar-refractivity contribution in [2.24, 2.45) is 0 Å². The molecule has 0 aliphatic carbocycles. The summed E-state index contributed by atoms with van der Waals surface area (Å²) in [6.45, 7) is 0. The van der Waals surface area contributed by atoms with Gasteiger partial charge >= 0.3 is 6.09 Å². The zero-order valence-corrected chi connectivity index (χ0v) is 15.6. The topological polar surface area (TPSA) is 118 Å². The molecule has 2 heterocycles. The first-order valence-electron chi connectivity index (χ1n) is 8.02. The summed E-state index contributed by atoms with van der Waals surface area (Å²) >= 11 is 11.9. The SMILES string of the molecule is Nc1n[nH]c2ccc(-c3ccc(OC(=O)NNc4cc(Cl)ccc4Cl)o3)cc12. The first-order chi connectivity index (χ1) is 13.5. The molecule has 0 aliphatic heterocycles. The number of hydrazine groups is 1. The molecule has 5 N–H and O–H groups in total. The van der Waals surface area contributed by atoms with E-state index in [1.165, 1.54) is 6.07 Å². The summed E-state index contributed by atoms with van der Waals surface area (Å²) in [6.07, 6.45) is -0.786. The summed E-state index contributed by atoms with van der Waals surface area (Å²) in [6, 6.07) is 13.5. The maximum absolute atomic E-state index is 12.0. The molecule has 10 heteroatoms. The van der Waals surface area contributed by atoms with Crippen molar-refractivity contribution in [3.05, 3.63) is 58.6 Å². The fourth-order valence-electron chi connectivity index (χ4n) is 2.55. The molecule has 0 fully saturated rings. The number of hydrogen-bond donors (Lipinski definition) is 4. The Bertz CT molecular complexity index is 1170. The quantitative estimate of drug-likeness (QED) is 0.353. The van der Waals surface area contributed by atoms with E-state index in [1.54, 1.807) is 24.3 Å². The minimum Gasteiger partial charge on any atom is -0.425 e. The van der Waals surface area contributed by atoms with E-state index in [4.69, 9.17) is 38.1 Å². The maximum atomic E-state index is 12.0. The predicted molar refractivity (Wildman–Crippen MR) is 107 cm³/mol. The summed E-state index contributed by atoms with van der Waals surface area (Å²) in [5, 5.41) is 8.41. The molecule has 0 saturated carbocycles. The lowest BCUT2D eigenvalue weighted by atomic mass is 10.1. The normalized spacial score (nSPS) is 10.8. The van der Waals surface area contributed by atoms with Gasteiger partial charge in [-0.3, -0.25) is 10.5 Å². The van der Waals surface area contributed by atoms with Crippen molar-refractivity contribution in [1.29, 1.82) is 0 Å². The van der Waals surface area contributed by atoms with Crippen LogP contribution in [0, 0.1) is 0 Å². The lowest BCUT2D eigenvalue weighted by Gasteiger charge is -2.09. The van der Waals surface area contributed by atoms with Crippen molar-refractivity contribution in [1.82, 2.24) is 15.6 Å². The second-order valence-corrected chi connectivity index (χ2v) is 6.60. The second kappa shape index (κ2) is 7.34. The van der Waals surface area contributed by atoms with Crippen LogP contribution in [0.2, 0.25) is 10.0 Å². The van der Waals surface area contributed by atoms with Crippen molar-refractivity contribution in [3.8, 4) is 17.3 Å². The number of nitrogen functional groups attached to an aromatic ring is 1. The van der Waals surface area contributed by atoms with Crippen LogP contribution in [0.4, 0.5) is 16.3 Å². The molecule has 0 unspecified atom stereocenters. The van der Waals surface area contributed by atoms with Gasteiger partial charge in [-0.25, -0.2) is 10.2 Å². The summed E-state index contributed by atoms with van der Waals surface area (Å²) in [5.74, 6) is 0.924. The number of halogens is 2. The van der Waals surface area contributed by atoms with E-state index in [1.807, 2.05) is 18.2 Å². The van der Waals surface area contributed by atoms with Crippen molar-refractivity contribution in [3.63, 3.8) is 0 Å². The molecular weight excluding hydrogens is 405 g/mol. The van der Waals surface area contributed by atoms with Gasteiger partial charge in [0, 0.05) is 22.0 Å². The molecule has 28 heavy (non-hydrogen) atoms. The number of ether oxygens (including phenoxy) is 1. The van der Waals surface area contributed by atoms with Crippen LogP contribution in [0.25, 0.3) is 22.2 Å². The third-order valence-corrected chi connectivity index (χ3v) is 4.44. The number of furan rings is 1. The predicted octanol–water partition coefficient (Wildman–Crippen LogP) is 4.83. The Balaban J connectivity index is 1.43. The Morgan fingerprint density at radius 1 is 1.14 bits per heavy atom.